The first-order chi connectivity index (χ1) is 10.6. The van der Waals surface area contributed by atoms with Gasteiger partial charge in [0.25, 0.3) is 0 Å². The molecule has 1 aromatic heterocycles. The Kier molecular flexibility index (Phi) is 3.54. The molecule has 1 aliphatic rings. The molecule has 0 saturated carbocycles. The molecule has 1 aromatic carbocycles. The van der Waals surface area contributed by atoms with Gasteiger partial charge in [-0.2, -0.15) is 0 Å². The molecule has 0 aliphatic carbocycles. The summed E-state index contributed by atoms with van der Waals surface area (Å²) in [5.74, 6) is 0.876. The fourth-order valence-corrected chi connectivity index (χ4v) is 2.67. The molecule has 0 amide bonds. The predicted octanol–water partition coefficient (Wildman–Crippen LogP) is 2.01. The first-order valence-electron chi connectivity index (χ1n) is 6.90. The van der Waals surface area contributed by atoms with E-state index in [1.54, 1.807) is 0 Å². The minimum Gasteiger partial charge on any atom is -0.491 e. The fourth-order valence-electron chi connectivity index (χ4n) is 2.67. The zero-order valence-electron chi connectivity index (χ0n) is 12.0. The normalized spacial score (nSPS) is 16.5. The summed E-state index contributed by atoms with van der Waals surface area (Å²) in [6, 6.07) is 7.27. The second-order valence-corrected chi connectivity index (χ2v) is 5.25. The molecule has 0 spiro atoms. The van der Waals surface area contributed by atoms with E-state index in [9.17, 15) is 14.9 Å². The third-order valence-corrected chi connectivity index (χ3v) is 3.67. The molecule has 1 atom stereocenters. The van der Waals surface area contributed by atoms with E-state index in [2.05, 4.69) is 10.3 Å². The Morgan fingerprint density at radius 3 is 3.00 bits per heavy atom. The van der Waals surface area contributed by atoms with E-state index in [0.29, 0.717) is 13.0 Å². The SMILES string of the molecule is Cc1cccc2c1OCC(Nc1cc[nH]c(=O)c1[N+](=O)[O-])C2. The van der Waals surface area contributed by atoms with E-state index < -0.39 is 16.2 Å². The van der Waals surface area contributed by atoms with Crippen molar-refractivity contribution < 1.29 is 9.66 Å². The number of nitro groups is 1. The molecule has 1 unspecified atom stereocenters. The van der Waals surface area contributed by atoms with E-state index in [-0.39, 0.29) is 11.7 Å². The third-order valence-electron chi connectivity index (χ3n) is 3.67. The Balaban J connectivity index is 1.86. The van der Waals surface area contributed by atoms with Crippen molar-refractivity contribution in [2.24, 2.45) is 0 Å². The van der Waals surface area contributed by atoms with E-state index >= 15 is 0 Å². The van der Waals surface area contributed by atoms with Crippen LogP contribution in [0.5, 0.6) is 5.75 Å². The van der Waals surface area contributed by atoms with E-state index in [4.69, 9.17) is 4.74 Å². The van der Waals surface area contributed by atoms with Crippen LogP contribution in [0.4, 0.5) is 11.4 Å². The molecule has 0 saturated heterocycles. The maximum Gasteiger partial charge on any atom is 0.356 e. The maximum absolute atomic E-state index is 11.6. The number of aromatic amines is 1. The average molecular weight is 301 g/mol. The molecule has 22 heavy (non-hydrogen) atoms. The molecule has 2 heterocycles. The third kappa shape index (κ3) is 2.52. The lowest BCUT2D eigenvalue weighted by Crippen LogP contribution is -2.34. The summed E-state index contributed by atoms with van der Waals surface area (Å²) in [6.07, 6.45) is 2.07. The fraction of sp³-hybridized carbons (Fsp3) is 0.267. The second-order valence-electron chi connectivity index (χ2n) is 5.25. The average Bonchev–Trinajstić information content (AvgIpc) is 2.47. The van der Waals surface area contributed by atoms with Gasteiger partial charge >= 0.3 is 11.2 Å². The van der Waals surface area contributed by atoms with Crippen LogP contribution in [-0.4, -0.2) is 22.6 Å². The number of nitrogens with zero attached hydrogens (tertiary/aromatic N) is 1. The number of hydrogen-bond acceptors (Lipinski definition) is 5. The molecule has 3 rings (SSSR count). The van der Waals surface area contributed by atoms with Gasteiger partial charge in [0, 0.05) is 6.20 Å². The minimum absolute atomic E-state index is 0.130. The Bertz CT molecular complexity index is 785. The summed E-state index contributed by atoms with van der Waals surface area (Å²) < 4.78 is 5.75. The number of rotatable bonds is 3. The Morgan fingerprint density at radius 2 is 2.23 bits per heavy atom. The predicted molar refractivity (Wildman–Crippen MR) is 81.5 cm³/mol. The highest BCUT2D eigenvalue weighted by Crippen LogP contribution is 2.30. The van der Waals surface area contributed by atoms with Crippen LogP contribution in [0.2, 0.25) is 0 Å². The lowest BCUT2D eigenvalue weighted by molar-refractivity contribution is -0.385. The van der Waals surface area contributed by atoms with Gasteiger partial charge in [0.1, 0.15) is 18.0 Å². The van der Waals surface area contributed by atoms with Crippen molar-refractivity contribution in [3.05, 3.63) is 62.1 Å². The Labute approximate surface area is 126 Å². The number of nitrogens with one attached hydrogen (secondary N) is 2. The number of aromatic nitrogens is 1. The van der Waals surface area contributed by atoms with Crippen molar-refractivity contribution >= 4 is 11.4 Å². The van der Waals surface area contributed by atoms with E-state index in [1.165, 1.54) is 12.3 Å². The molecule has 1 aliphatic heterocycles. The van der Waals surface area contributed by atoms with Crippen molar-refractivity contribution in [1.29, 1.82) is 0 Å². The highest BCUT2D eigenvalue weighted by atomic mass is 16.6. The van der Waals surface area contributed by atoms with E-state index in [0.717, 1.165) is 16.9 Å². The molecular weight excluding hydrogens is 286 g/mol. The van der Waals surface area contributed by atoms with E-state index in [1.807, 2.05) is 25.1 Å². The van der Waals surface area contributed by atoms with Crippen LogP contribution in [0.1, 0.15) is 11.1 Å². The first-order valence-corrected chi connectivity index (χ1v) is 6.90. The molecule has 7 heteroatoms. The van der Waals surface area contributed by atoms with Gasteiger partial charge in [0.05, 0.1) is 11.0 Å². The Hall–Kier alpha value is -2.83. The number of hydrogen-bond donors (Lipinski definition) is 2. The van der Waals surface area contributed by atoms with Crippen LogP contribution in [-0.2, 0) is 6.42 Å². The van der Waals surface area contributed by atoms with Gasteiger partial charge in [0.15, 0.2) is 0 Å². The topological polar surface area (TPSA) is 97.3 Å². The van der Waals surface area contributed by atoms with Gasteiger partial charge in [0.2, 0.25) is 0 Å². The molecule has 2 aromatic rings. The quantitative estimate of drug-likeness (QED) is 0.667. The number of H-pyrrole nitrogens is 1. The summed E-state index contributed by atoms with van der Waals surface area (Å²) in [4.78, 5) is 24.3. The molecule has 7 nitrogen and oxygen atoms in total. The second kappa shape index (κ2) is 5.51. The van der Waals surface area contributed by atoms with Crippen LogP contribution in [0.25, 0.3) is 0 Å². The first kappa shape index (κ1) is 14.1. The van der Waals surface area contributed by atoms with Crippen LogP contribution in [0, 0.1) is 17.0 Å². The van der Waals surface area contributed by atoms with Crippen molar-refractivity contribution in [2.45, 2.75) is 19.4 Å². The molecule has 0 bridgehead atoms. The van der Waals surface area contributed by atoms with Crippen LogP contribution in [0.15, 0.2) is 35.3 Å². The number of pyridine rings is 1. The number of benzene rings is 1. The lowest BCUT2D eigenvalue weighted by atomic mass is 10.00. The summed E-state index contributed by atoms with van der Waals surface area (Å²) in [7, 11) is 0. The van der Waals surface area contributed by atoms with Crippen molar-refractivity contribution in [1.82, 2.24) is 4.98 Å². The highest BCUT2D eigenvalue weighted by molar-refractivity contribution is 5.60. The number of ether oxygens (including phenoxy) is 1. The zero-order valence-corrected chi connectivity index (χ0v) is 12.0. The van der Waals surface area contributed by atoms with Gasteiger partial charge in [-0.25, -0.2) is 0 Å². The van der Waals surface area contributed by atoms with Crippen molar-refractivity contribution in [3.8, 4) is 5.75 Å². The molecule has 2 N–H and O–H groups in total. The van der Waals surface area contributed by atoms with Gasteiger partial charge in [-0.05, 0) is 30.5 Å². The summed E-state index contributed by atoms with van der Waals surface area (Å²) in [6.45, 7) is 2.37. The number of para-hydroxylation sites is 1. The molecule has 114 valence electrons. The molecule has 0 radical (unpaired) electrons. The monoisotopic (exact) mass is 301 g/mol. The van der Waals surface area contributed by atoms with Crippen molar-refractivity contribution in [3.63, 3.8) is 0 Å². The zero-order chi connectivity index (χ0) is 15.7. The van der Waals surface area contributed by atoms with Gasteiger partial charge in [-0.3, -0.25) is 14.9 Å². The standard InChI is InChI=1S/C15H15N3O4/c1-9-3-2-4-10-7-11(8-22-14(9)10)17-12-5-6-16-15(19)13(12)18(20)21/h2-6,11H,7-8H2,1H3,(H2,16,17,19). The summed E-state index contributed by atoms with van der Waals surface area (Å²) >= 11 is 0. The summed E-state index contributed by atoms with van der Waals surface area (Å²) in [5.41, 5.74) is 1.13. The number of fused-ring (bicyclic) bond motifs is 1. The molecular formula is C15H15N3O4. The molecule has 0 fully saturated rings. The van der Waals surface area contributed by atoms with Crippen LogP contribution in [0.3, 0.4) is 0 Å². The smallest absolute Gasteiger partial charge is 0.356 e. The summed E-state index contributed by atoms with van der Waals surface area (Å²) in [5, 5.41) is 14.1. The maximum atomic E-state index is 11.6. The number of aryl methyl sites for hydroxylation is 1. The van der Waals surface area contributed by atoms with Crippen LogP contribution >= 0.6 is 0 Å². The largest absolute Gasteiger partial charge is 0.491 e. The number of anilines is 1. The van der Waals surface area contributed by atoms with Crippen LogP contribution < -0.4 is 15.6 Å². The minimum atomic E-state index is -0.719. The Morgan fingerprint density at radius 1 is 1.41 bits per heavy atom. The lowest BCUT2D eigenvalue weighted by Gasteiger charge is -2.27. The van der Waals surface area contributed by atoms with Gasteiger partial charge < -0.3 is 15.0 Å². The van der Waals surface area contributed by atoms with Gasteiger partial charge in [-0.15, -0.1) is 0 Å². The van der Waals surface area contributed by atoms with Crippen molar-refractivity contribution in [2.75, 3.05) is 11.9 Å². The van der Waals surface area contributed by atoms with Gasteiger partial charge in [-0.1, -0.05) is 18.2 Å². The highest BCUT2D eigenvalue weighted by Gasteiger charge is 2.25.